The Kier molecular flexibility index (Phi) is 6.37. The summed E-state index contributed by atoms with van der Waals surface area (Å²) in [6.45, 7) is 6.79. The van der Waals surface area contributed by atoms with E-state index in [2.05, 4.69) is 36.8 Å². The summed E-state index contributed by atoms with van der Waals surface area (Å²) in [5.41, 5.74) is 4.12. The van der Waals surface area contributed by atoms with Gasteiger partial charge in [0.05, 0.1) is 13.7 Å². The molecule has 4 rings (SSSR count). The summed E-state index contributed by atoms with van der Waals surface area (Å²) in [4.78, 5) is 22.8. The number of methoxy groups -OCH3 is 1. The minimum absolute atomic E-state index is 0.0172. The number of fused-ring (bicyclic) bond motifs is 1. The average molecular weight is 482 g/mol. The molecule has 0 unspecified atom stereocenters. The number of benzene rings is 2. The zero-order valence-electron chi connectivity index (χ0n) is 18.9. The molecule has 0 atom stereocenters. The van der Waals surface area contributed by atoms with E-state index >= 15 is 0 Å². The summed E-state index contributed by atoms with van der Waals surface area (Å²) in [6.07, 6.45) is 0. The molecule has 1 N–H and O–H groups in total. The summed E-state index contributed by atoms with van der Waals surface area (Å²) in [5, 5.41) is 1.36. The SMILES string of the molecule is COc1ccccc1CN(C(=O)c1cc(Cl)nc(Cl)c1)c1ccc2[nH]c(C(C)(C)C)cc2c1. The maximum atomic E-state index is 13.7. The number of aromatic nitrogens is 2. The Balaban J connectivity index is 1.81. The number of nitrogens with one attached hydrogen (secondary N) is 1. The van der Waals surface area contributed by atoms with E-state index in [0.29, 0.717) is 17.9 Å². The van der Waals surface area contributed by atoms with E-state index < -0.39 is 0 Å². The van der Waals surface area contributed by atoms with Crippen molar-refractivity contribution in [3.8, 4) is 5.75 Å². The van der Waals surface area contributed by atoms with Crippen molar-refractivity contribution >= 4 is 45.7 Å². The number of hydrogen-bond acceptors (Lipinski definition) is 3. The van der Waals surface area contributed by atoms with Crippen LogP contribution in [0.15, 0.2) is 60.7 Å². The summed E-state index contributed by atoms with van der Waals surface area (Å²) in [5.74, 6) is 0.469. The van der Waals surface area contributed by atoms with Crippen LogP contribution in [-0.4, -0.2) is 23.0 Å². The predicted octanol–water partition coefficient (Wildman–Crippen LogP) is 7.02. The Bertz CT molecular complexity index is 1300. The molecule has 0 aliphatic carbocycles. The number of H-pyrrole nitrogens is 1. The van der Waals surface area contributed by atoms with E-state index in [1.807, 2.05) is 42.5 Å². The van der Waals surface area contributed by atoms with Crippen LogP contribution in [-0.2, 0) is 12.0 Å². The van der Waals surface area contributed by atoms with Crippen LogP contribution in [0.5, 0.6) is 5.75 Å². The van der Waals surface area contributed by atoms with Gasteiger partial charge < -0.3 is 14.6 Å². The van der Waals surface area contributed by atoms with Crippen molar-refractivity contribution in [2.75, 3.05) is 12.0 Å². The van der Waals surface area contributed by atoms with Gasteiger partial charge in [0, 0.05) is 38.8 Å². The number of pyridine rings is 1. The molecule has 2 aromatic carbocycles. The first-order valence-electron chi connectivity index (χ1n) is 10.6. The number of aromatic amines is 1. The molecular weight excluding hydrogens is 457 g/mol. The lowest BCUT2D eigenvalue weighted by Gasteiger charge is -2.24. The highest BCUT2D eigenvalue weighted by atomic mass is 35.5. The lowest BCUT2D eigenvalue weighted by atomic mass is 9.92. The van der Waals surface area contributed by atoms with Gasteiger partial charge in [-0.3, -0.25) is 4.79 Å². The van der Waals surface area contributed by atoms with E-state index in [-0.39, 0.29) is 21.6 Å². The van der Waals surface area contributed by atoms with Crippen molar-refractivity contribution < 1.29 is 9.53 Å². The second-order valence-corrected chi connectivity index (χ2v) is 9.68. The van der Waals surface area contributed by atoms with Gasteiger partial charge >= 0.3 is 0 Å². The topological polar surface area (TPSA) is 58.2 Å². The minimum atomic E-state index is -0.238. The van der Waals surface area contributed by atoms with Gasteiger partial charge in [-0.05, 0) is 42.5 Å². The fourth-order valence-corrected chi connectivity index (χ4v) is 4.18. The summed E-state index contributed by atoms with van der Waals surface area (Å²) in [7, 11) is 1.62. The molecule has 0 radical (unpaired) electrons. The first-order chi connectivity index (χ1) is 15.7. The fourth-order valence-electron chi connectivity index (χ4n) is 3.72. The van der Waals surface area contributed by atoms with E-state index in [0.717, 1.165) is 27.8 Å². The third-order valence-electron chi connectivity index (χ3n) is 5.50. The van der Waals surface area contributed by atoms with Gasteiger partial charge in [-0.1, -0.05) is 62.2 Å². The highest BCUT2D eigenvalue weighted by molar-refractivity contribution is 6.33. The lowest BCUT2D eigenvalue weighted by molar-refractivity contribution is 0.0985. The Morgan fingerprint density at radius 3 is 2.39 bits per heavy atom. The normalized spacial score (nSPS) is 11.6. The second-order valence-electron chi connectivity index (χ2n) is 8.91. The van der Waals surface area contributed by atoms with Crippen molar-refractivity contribution in [2.24, 2.45) is 0 Å². The number of nitrogens with zero attached hydrogens (tertiary/aromatic N) is 2. The summed E-state index contributed by atoms with van der Waals surface area (Å²) < 4.78 is 5.52. The van der Waals surface area contributed by atoms with Crippen LogP contribution in [0.2, 0.25) is 10.3 Å². The quantitative estimate of drug-likeness (QED) is 0.311. The van der Waals surface area contributed by atoms with Gasteiger partial charge in [0.1, 0.15) is 16.1 Å². The molecule has 0 spiro atoms. The molecule has 1 amide bonds. The monoisotopic (exact) mass is 481 g/mol. The highest BCUT2D eigenvalue weighted by Gasteiger charge is 2.22. The highest BCUT2D eigenvalue weighted by Crippen LogP contribution is 2.31. The van der Waals surface area contributed by atoms with Crippen LogP contribution in [0.1, 0.15) is 42.4 Å². The number of amides is 1. The van der Waals surface area contributed by atoms with Crippen molar-refractivity contribution in [2.45, 2.75) is 32.7 Å². The van der Waals surface area contributed by atoms with Crippen molar-refractivity contribution in [3.05, 3.63) is 87.8 Å². The van der Waals surface area contributed by atoms with Gasteiger partial charge in [-0.2, -0.15) is 0 Å². The van der Waals surface area contributed by atoms with Gasteiger partial charge in [0.2, 0.25) is 0 Å². The van der Waals surface area contributed by atoms with Gasteiger partial charge in [-0.25, -0.2) is 4.98 Å². The van der Waals surface area contributed by atoms with Gasteiger partial charge in [0.15, 0.2) is 0 Å². The van der Waals surface area contributed by atoms with Crippen molar-refractivity contribution in [3.63, 3.8) is 0 Å². The Labute approximate surface area is 203 Å². The van der Waals surface area contributed by atoms with Crippen LogP contribution < -0.4 is 9.64 Å². The molecular formula is C26H25Cl2N3O2. The molecule has 5 nitrogen and oxygen atoms in total. The minimum Gasteiger partial charge on any atom is -0.496 e. The lowest BCUT2D eigenvalue weighted by Crippen LogP contribution is -2.30. The zero-order chi connectivity index (χ0) is 23.8. The molecule has 0 fully saturated rings. The van der Waals surface area contributed by atoms with Crippen LogP contribution in [0.25, 0.3) is 10.9 Å². The first kappa shape index (κ1) is 23.1. The number of hydrogen-bond donors (Lipinski definition) is 1. The molecule has 0 bridgehead atoms. The Morgan fingerprint density at radius 2 is 1.73 bits per heavy atom. The maximum Gasteiger partial charge on any atom is 0.258 e. The fraction of sp³-hybridized carbons (Fsp3) is 0.231. The third-order valence-corrected chi connectivity index (χ3v) is 5.89. The van der Waals surface area contributed by atoms with E-state index in [4.69, 9.17) is 27.9 Å². The zero-order valence-corrected chi connectivity index (χ0v) is 20.5. The average Bonchev–Trinajstić information content (AvgIpc) is 3.20. The molecule has 2 aromatic heterocycles. The summed E-state index contributed by atoms with van der Waals surface area (Å²) >= 11 is 12.2. The third kappa shape index (κ3) is 5.00. The van der Waals surface area contributed by atoms with E-state index in [1.54, 1.807) is 12.0 Å². The number of carbonyl (C=O) groups is 1. The maximum absolute atomic E-state index is 13.7. The molecule has 4 aromatic rings. The number of ether oxygens (including phenoxy) is 1. The largest absolute Gasteiger partial charge is 0.496 e. The molecule has 0 saturated carbocycles. The standard InChI is InChI=1S/C26H25Cl2N3O2/c1-26(2,3)22-12-17-11-19(9-10-20(17)29-22)31(15-16-7-5-6-8-21(16)33-4)25(32)18-13-23(27)30-24(28)14-18/h5-14,29H,15H2,1-4H3. The van der Waals surface area contributed by atoms with E-state index in [9.17, 15) is 4.79 Å². The second kappa shape index (κ2) is 9.08. The molecule has 0 saturated heterocycles. The molecule has 33 heavy (non-hydrogen) atoms. The number of para-hydroxylation sites is 1. The predicted molar refractivity (Wildman–Crippen MR) is 135 cm³/mol. The van der Waals surface area contributed by atoms with Crippen LogP contribution >= 0.6 is 23.2 Å². The molecule has 7 heteroatoms. The van der Waals surface area contributed by atoms with E-state index in [1.165, 1.54) is 12.1 Å². The van der Waals surface area contributed by atoms with Crippen LogP contribution in [0, 0.1) is 0 Å². The number of rotatable bonds is 5. The molecule has 0 aliphatic heterocycles. The first-order valence-corrected chi connectivity index (χ1v) is 11.3. The molecule has 2 heterocycles. The smallest absolute Gasteiger partial charge is 0.258 e. The Morgan fingerprint density at radius 1 is 1.03 bits per heavy atom. The molecule has 0 aliphatic rings. The summed E-state index contributed by atoms with van der Waals surface area (Å²) in [6, 6.07) is 18.8. The molecule has 170 valence electrons. The van der Waals surface area contributed by atoms with Crippen molar-refractivity contribution in [1.29, 1.82) is 0 Å². The number of anilines is 1. The Hall–Kier alpha value is -3.02. The van der Waals surface area contributed by atoms with Crippen LogP contribution in [0.3, 0.4) is 0 Å². The number of carbonyl (C=O) groups excluding carboxylic acids is 1. The number of halogens is 2. The van der Waals surface area contributed by atoms with Crippen molar-refractivity contribution in [1.82, 2.24) is 9.97 Å². The van der Waals surface area contributed by atoms with Gasteiger partial charge in [0.25, 0.3) is 5.91 Å². The van der Waals surface area contributed by atoms with Gasteiger partial charge in [-0.15, -0.1) is 0 Å². The van der Waals surface area contributed by atoms with Crippen LogP contribution in [0.4, 0.5) is 5.69 Å².